The molecule has 1 aliphatic heterocycles. The Labute approximate surface area is 136 Å². The van der Waals surface area contributed by atoms with Gasteiger partial charge >= 0.3 is 6.03 Å². The largest absolute Gasteiger partial charge is 0.497 e. The Morgan fingerprint density at radius 3 is 2.04 bits per heavy atom. The van der Waals surface area contributed by atoms with Gasteiger partial charge in [0.15, 0.2) is 6.61 Å². The molecule has 1 heterocycles. The van der Waals surface area contributed by atoms with E-state index in [1.165, 1.54) is 0 Å². The number of rotatable bonds is 4. The number of amides is 3. The van der Waals surface area contributed by atoms with Crippen molar-refractivity contribution < 1.29 is 19.1 Å². The average molecular weight is 321 g/mol. The third kappa shape index (κ3) is 4.51. The highest BCUT2D eigenvalue weighted by molar-refractivity contribution is 5.78. The van der Waals surface area contributed by atoms with Gasteiger partial charge in [-0.2, -0.15) is 0 Å². The van der Waals surface area contributed by atoms with Gasteiger partial charge in [-0.1, -0.05) is 0 Å². The molecule has 3 amide bonds. The molecule has 0 aliphatic carbocycles. The van der Waals surface area contributed by atoms with Crippen molar-refractivity contribution >= 4 is 11.9 Å². The van der Waals surface area contributed by atoms with E-state index in [1.807, 2.05) is 0 Å². The number of piperazine rings is 1. The van der Waals surface area contributed by atoms with Crippen LogP contribution >= 0.6 is 0 Å². The zero-order valence-electron chi connectivity index (χ0n) is 13.8. The zero-order valence-corrected chi connectivity index (χ0v) is 13.8. The number of nitrogens with zero attached hydrogens (tertiary/aromatic N) is 3. The van der Waals surface area contributed by atoms with Crippen LogP contribution in [0.15, 0.2) is 24.3 Å². The molecule has 0 N–H and O–H groups in total. The van der Waals surface area contributed by atoms with E-state index in [-0.39, 0.29) is 18.5 Å². The van der Waals surface area contributed by atoms with Crippen LogP contribution < -0.4 is 9.47 Å². The van der Waals surface area contributed by atoms with Crippen molar-refractivity contribution in [2.45, 2.75) is 0 Å². The Morgan fingerprint density at radius 1 is 1.00 bits per heavy atom. The van der Waals surface area contributed by atoms with Crippen molar-refractivity contribution in [3.63, 3.8) is 0 Å². The van der Waals surface area contributed by atoms with E-state index in [0.29, 0.717) is 31.9 Å². The number of urea groups is 1. The molecule has 0 bridgehead atoms. The Balaban J connectivity index is 1.77. The maximum Gasteiger partial charge on any atom is 0.319 e. The monoisotopic (exact) mass is 321 g/mol. The molecule has 1 fully saturated rings. The van der Waals surface area contributed by atoms with Crippen LogP contribution in [0, 0.1) is 0 Å². The van der Waals surface area contributed by atoms with E-state index in [2.05, 4.69) is 0 Å². The van der Waals surface area contributed by atoms with Crippen molar-refractivity contribution in [1.29, 1.82) is 0 Å². The number of benzene rings is 1. The second kappa shape index (κ2) is 7.71. The van der Waals surface area contributed by atoms with Gasteiger partial charge in [0, 0.05) is 40.3 Å². The van der Waals surface area contributed by atoms with Gasteiger partial charge in [-0.3, -0.25) is 4.79 Å². The highest BCUT2D eigenvalue weighted by Crippen LogP contribution is 2.17. The summed E-state index contributed by atoms with van der Waals surface area (Å²) in [7, 11) is 5.05. The van der Waals surface area contributed by atoms with Gasteiger partial charge in [-0.25, -0.2) is 4.79 Å². The molecule has 23 heavy (non-hydrogen) atoms. The third-order valence-corrected chi connectivity index (χ3v) is 3.71. The first kappa shape index (κ1) is 16.9. The van der Waals surface area contributed by atoms with Crippen LogP contribution in [0.2, 0.25) is 0 Å². The van der Waals surface area contributed by atoms with E-state index in [0.717, 1.165) is 5.75 Å². The van der Waals surface area contributed by atoms with Crippen molar-refractivity contribution in [1.82, 2.24) is 14.7 Å². The molecule has 1 aromatic carbocycles. The first-order valence-corrected chi connectivity index (χ1v) is 7.52. The van der Waals surface area contributed by atoms with Gasteiger partial charge in [0.1, 0.15) is 11.5 Å². The fraction of sp³-hybridized carbons (Fsp3) is 0.500. The van der Waals surface area contributed by atoms with Crippen LogP contribution in [0.4, 0.5) is 4.79 Å². The summed E-state index contributed by atoms with van der Waals surface area (Å²) >= 11 is 0. The van der Waals surface area contributed by atoms with Crippen LogP contribution in [-0.4, -0.2) is 80.6 Å². The first-order chi connectivity index (χ1) is 11.0. The molecule has 7 heteroatoms. The van der Waals surface area contributed by atoms with Crippen LogP contribution in [0.5, 0.6) is 11.5 Å². The molecule has 1 saturated heterocycles. The average Bonchev–Trinajstić information content (AvgIpc) is 2.59. The fourth-order valence-corrected chi connectivity index (χ4v) is 2.34. The fourth-order valence-electron chi connectivity index (χ4n) is 2.34. The molecule has 0 radical (unpaired) electrons. The van der Waals surface area contributed by atoms with Crippen molar-refractivity contribution in [3.8, 4) is 11.5 Å². The maximum absolute atomic E-state index is 12.2. The topological polar surface area (TPSA) is 62.3 Å². The Morgan fingerprint density at radius 2 is 1.52 bits per heavy atom. The van der Waals surface area contributed by atoms with E-state index in [9.17, 15) is 9.59 Å². The molecule has 0 saturated carbocycles. The lowest BCUT2D eigenvalue weighted by atomic mass is 10.3. The highest BCUT2D eigenvalue weighted by Gasteiger charge is 2.25. The predicted octanol–water partition coefficient (Wildman–Crippen LogP) is 0.900. The maximum atomic E-state index is 12.2. The first-order valence-electron chi connectivity index (χ1n) is 7.52. The van der Waals surface area contributed by atoms with Crippen LogP contribution in [-0.2, 0) is 4.79 Å². The zero-order chi connectivity index (χ0) is 16.8. The summed E-state index contributed by atoms with van der Waals surface area (Å²) in [5.41, 5.74) is 0. The van der Waals surface area contributed by atoms with Gasteiger partial charge in [-0.05, 0) is 24.3 Å². The van der Waals surface area contributed by atoms with Crippen LogP contribution in [0.1, 0.15) is 0 Å². The summed E-state index contributed by atoms with van der Waals surface area (Å²) in [4.78, 5) is 29.0. The van der Waals surface area contributed by atoms with Gasteiger partial charge in [-0.15, -0.1) is 0 Å². The smallest absolute Gasteiger partial charge is 0.319 e. The Kier molecular flexibility index (Phi) is 5.67. The van der Waals surface area contributed by atoms with Crippen molar-refractivity contribution in [3.05, 3.63) is 24.3 Å². The molecule has 2 rings (SSSR count). The van der Waals surface area contributed by atoms with Crippen molar-refractivity contribution in [2.24, 2.45) is 0 Å². The number of ether oxygens (including phenoxy) is 2. The second-order valence-electron chi connectivity index (χ2n) is 5.51. The molecule has 126 valence electrons. The minimum Gasteiger partial charge on any atom is -0.497 e. The summed E-state index contributed by atoms with van der Waals surface area (Å²) < 4.78 is 10.6. The molecule has 7 nitrogen and oxygen atoms in total. The van der Waals surface area contributed by atoms with Crippen LogP contribution in [0.25, 0.3) is 0 Å². The Hall–Kier alpha value is -2.44. The Bertz CT molecular complexity index is 537. The minimum atomic E-state index is -0.0715. The molecular weight excluding hydrogens is 298 g/mol. The molecule has 0 spiro atoms. The lowest BCUT2D eigenvalue weighted by Gasteiger charge is -2.35. The molecular formula is C16H23N3O4. The predicted molar refractivity (Wildman–Crippen MR) is 85.7 cm³/mol. The summed E-state index contributed by atoms with van der Waals surface area (Å²) in [6.45, 7) is 2.15. The summed E-state index contributed by atoms with van der Waals surface area (Å²) in [6, 6.07) is 7.07. The molecule has 1 aromatic rings. The van der Waals surface area contributed by atoms with Crippen LogP contribution in [0.3, 0.4) is 0 Å². The minimum absolute atomic E-state index is 0.00600. The molecule has 0 unspecified atom stereocenters. The number of hydrogen-bond donors (Lipinski definition) is 0. The summed E-state index contributed by atoms with van der Waals surface area (Å²) in [5.74, 6) is 1.30. The molecule has 1 aliphatic rings. The van der Waals surface area contributed by atoms with E-state index in [1.54, 1.807) is 60.2 Å². The number of hydrogen-bond acceptors (Lipinski definition) is 4. The number of carbonyl (C=O) groups is 2. The SMILES string of the molecule is COc1ccc(OCC(=O)N2CCN(C(=O)N(C)C)CC2)cc1. The number of methoxy groups -OCH3 is 1. The van der Waals surface area contributed by atoms with E-state index in [4.69, 9.17) is 9.47 Å². The quantitative estimate of drug-likeness (QED) is 0.827. The highest BCUT2D eigenvalue weighted by atomic mass is 16.5. The lowest BCUT2D eigenvalue weighted by molar-refractivity contribution is -0.134. The van der Waals surface area contributed by atoms with Gasteiger partial charge in [0.25, 0.3) is 5.91 Å². The molecule has 0 aromatic heterocycles. The third-order valence-electron chi connectivity index (χ3n) is 3.71. The molecule has 0 atom stereocenters. The van der Waals surface area contributed by atoms with Crippen molar-refractivity contribution in [2.75, 3.05) is 54.0 Å². The standard InChI is InChI=1S/C16H23N3O4/c1-17(2)16(21)19-10-8-18(9-11-19)15(20)12-23-14-6-4-13(22-3)5-7-14/h4-7H,8-12H2,1-3H3. The van der Waals surface area contributed by atoms with Gasteiger partial charge in [0.2, 0.25) is 0 Å². The second-order valence-corrected chi connectivity index (χ2v) is 5.51. The number of carbonyl (C=O) groups excluding carboxylic acids is 2. The summed E-state index contributed by atoms with van der Waals surface area (Å²) in [6.07, 6.45) is 0. The van der Waals surface area contributed by atoms with Gasteiger partial charge in [0.05, 0.1) is 7.11 Å². The summed E-state index contributed by atoms with van der Waals surface area (Å²) in [5, 5.41) is 0. The lowest BCUT2D eigenvalue weighted by Crippen LogP contribution is -2.53. The normalized spacial score (nSPS) is 14.4. The van der Waals surface area contributed by atoms with Gasteiger partial charge < -0.3 is 24.2 Å². The van der Waals surface area contributed by atoms with E-state index >= 15 is 0 Å². The van der Waals surface area contributed by atoms with E-state index < -0.39 is 0 Å².